The Morgan fingerprint density at radius 2 is 1.95 bits per heavy atom. The first-order valence-electron chi connectivity index (χ1n) is 8.42. The zero-order valence-corrected chi connectivity index (χ0v) is 13.5. The molecule has 0 aliphatic carbocycles. The molecule has 2 heteroatoms. The van der Waals surface area contributed by atoms with Crippen LogP contribution in [0, 0.1) is 11.8 Å². The quantitative estimate of drug-likeness (QED) is 0.338. The average molecular weight is 290 g/mol. The van der Waals surface area contributed by atoms with E-state index in [9.17, 15) is 0 Å². The molecule has 1 rings (SSSR count). The fourth-order valence-electron chi connectivity index (χ4n) is 2.12. The third-order valence-electron chi connectivity index (χ3n) is 3.31. The zero-order valence-electron chi connectivity index (χ0n) is 13.5. The summed E-state index contributed by atoms with van der Waals surface area (Å²) in [7, 11) is 0. The second-order valence-corrected chi connectivity index (χ2v) is 5.25. The van der Waals surface area contributed by atoms with Gasteiger partial charge < -0.3 is 9.47 Å². The van der Waals surface area contributed by atoms with E-state index in [2.05, 4.69) is 43.1 Å². The summed E-state index contributed by atoms with van der Waals surface area (Å²) in [4.78, 5) is 0. The van der Waals surface area contributed by atoms with Crippen molar-refractivity contribution in [2.24, 2.45) is 0 Å². The Hall–Kier alpha value is -1.04. The molecule has 0 aromatic heterocycles. The minimum Gasteiger partial charge on any atom is -0.353 e. The van der Waals surface area contributed by atoms with Crippen molar-refractivity contribution < 1.29 is 9.47 Å². The van der Waals surface area contributed by atoms with E-state index in [0.29, 0.717) is 6.61 Å². The van der Waals surface area contributed by atoms with Gasteiger partial charge >= 0.3 is 0 Å². The lowest BCUT2D eigenvalue weighted by Crippen LogP contribution is -2.22. The number of allylic oxidation sites excluding steroid dienone is 4. The summed E-state index contributed by atoms with van der Waals surface area (Å²) in [5.74, 6) is 6.39. The molecule has 0 spiro atoms. The molecule has 1 heterocycles. The van der Waals surface area contributed by atoms with Gasteiger partial charge in [-0.2, -0.15) is 0 Å². The van der Waals surface area contributed by atoms with Gasteiger partial charge in [-0.05, 0) is 44.9 Å². The van der Waals surface area contributed by atoms with Gasteiger partial charge in [-0.15, -0.1) is 11.8 Å². The van der Waals surface area contributed by atoms with Crippen molar-refractivity contribution in [1.82, 2.24) is 0 Å². The highest BCUT2D eigenvalue weighted by atomic mass is 16.7. The molecule has 1 aliphatic rings. The van der Waals surface area contributed by atoms with Crippen molar-refractivity contribution in [1.29, 1.82) is 0 Å². The van der Waals surface area contributed by atoms with Gasteiger partial charge in [-0.3, -0.25) is 0 Å². The fraction of sp³-hybridized carbons (Fsp3) is 0.684. The van der Waals surface area contributed by atoms with Crippen LogP contribution in [-0.2, 0) is 9.47 Å². The van der Waals surface area contributed by atoms with E-state index >= 15 is 0 Å². The van der Waals surface area contributed by atoms with E-state index < -0.39 is 0 Å². The van der Waals surface area contributed by atoms with Gasteiger partial charge in [0.1, 0.15) is 0 Å². The number of rotatable bonds is 9. The Bertz CT molecular complexity index is 340. The predicted molar refractivity (Wildman–Crippen MR) is 89.0 cm³/mol. The van der Waals surface area contributed by atoms with Gasteiger partial charge in [0.05, 0.1) is 6.61 Å². The molecule has 1 unspecified atom stereocenters. The van der Waals surface area contributed by atoms with Gasteiger partial charge in [-0.25, -0.2) is 0 Å². The zero-order chi connectivity index (χ0) is 15.0. The first-order chi connectivity index (χ1) is 10.4. The van der Waals surface area contributed by atoms with Crippen LogP contribution in [0.5, 0.6) is 0 Å². The van der Waals surface area contributed by atoms with E-state index in [4.69, 9.17) is 9.47 Å². The summed E-state index contributed by atoms with van der Waals surface area (Å²) in [6.45, 7) is 3.70. The Morgan fingerprint density at radius 3 is 2.76 bits per heavy atom. The number of hydrogen-bond acceptors (Lipinski definition) is 2. The largest absolute Gasteiger partial charge is 0.353 e. The summed E-state index contributed by atoms with van der Waals surface area (Å²) >= 11 is 0. The Morgan fingerprint density at radius 1 is 1.10 bits per heavy atom. The molecule has 0 aromatic carbocycles. The van der Waals surface area contributed by atoms with Crippen LogP contribution >= 0.6 is 0 Å². The monoisotopic (exact) mass is 290 g/mol. The predicted octanol–water partition coefficient (Wildman–Crippen LogP) is 5.01. The van der Waals surface area contributed by atoms with Crippen LogP contribution in [0.3, 0.4) is 0 Å². The summed E-state index contributed by atoms with van der Waals surface area (Å²) in [5, 5.41) is 0. The van der Waals surface area contributed by atoms with Gasteiger partial charge in [0, 0.05) is 19.4 Å². The Labute approximate surface area is 130 Å². The summed E-state index contributed by atoms with van der Waals surface area (Å²) in [5.41, 5.74) is 0. The minimum atomic E-state index is 0.0208. The molecule has 0 N–H and O–H groups in total. The van der Waals surface area contributed by atoms with Gasteiger partial charge in [0.25, 0.3) is 0 Å². The molecule has 1 fully saturated rings. The van der Waals surface area contributed by atoms with Crippen molar-refractivity contribution in [3.63, 3.8) is 0 Å². The SMILES string of the molecule is CC/C=C/C/C=C/CCCC#CCCOC1CCCCO1. The van der Waals surface area contributed by atoms with E-state index in [1.54, 1.807) is 0 Å². The van der Waals surface area contributed by atoms with Crippen LogP contribution in [0.2, 0.25) is 0 Å². The van der Waals surface area contributed by atoms with Gasteiger partial charge in [-0.1, -0.05) is 31.2 Å². The Balaban J connectivity index is 1.88. The maximum atomic E-state index is 5.63. The number of unbranched alkanes of at least 4 members (excludes halogenated alkanes) is 2. The minimum absolute atomic E-state index is 0.0208. The fourth-order valence-corrected chi connectivity index (χ4v) is 2.12. The molecule has 1 saturated heterocycles. The molecule has 0 saturated carbocycles. The first kappa shape index (κ1) is 18.0. The molecule has 1 aliphatic heterocycles. The van der Waals surface area contributed by atoms with E-state index in [-0.39, 0.29) is 6.29 Å². The standard InChI is InChI=1S/C19H30O2/c1-2-3-4-5-6-7-8-9-10-11-12-14-17-20-19-16-13-15-18-21-19/h3-4,6-7,19H,2,5,8-10,13-18H2,1H3/b4-3+,7-6+. The van der Waals surface area contributed by atoms with Crippen LogP contribution in [-0.4, -0.2) is 19.5 Å². The maximum Gasteiger partial charge on any atom is 0.157 e. The van der Waals surface area contributed by atoms with E-state index in [0.717, 1.165) is 51.6 Å². The van der Waals surface area contributed by atoms with Crippen LogP contribution in [0.15, 0.2) is 24.3 Å². The molecule has 2 nitrogen and oxygen atoms in total. The molecule has 0 amide bonds. The average Bonchev–Trinajstić information content (AvgIpc) is 2.53. The molecular weight excluding hydrogens is 260 g/mol. The smallest absolute Gasteiger partial charge is 0.157 e. The second-order valence-electron chi connectivity index (χ2n) is 5.25. The van der Waals surface area contributed by atoms with Gasteiger partial charge in [0.15, 0.2) is 6.29 Å². The van der Waals surface area contributed by atoms with Crippen LogP contribution < -0.4 is 0 Å². The van der Waals surface area contributed by atoms with Crippen molar-refractivity contribution >= 4 is 0 Å². The highest BCUT2D eigenvalue weighted by Gasteiger charge is 2.12. The molecule has 0 radical (unpaired) electrons. The summed E-state index contributed by atoms with van der Waals surface area (Å²) < 4.78 is 11.1. The van der Waals surface area contributed by atoms with Crippen LogP contribution in [0.1, 0.15) is 64.7 Å². The van der Waals surface area contributed by atoms with Crippen molar-refractivity contribution in [2.75, 3.05) is 13.2 Å². The highest BCUT2D eigenvalue weighted by Crippen LogP contribution is 2.13. The molecule has 1 atom stereocenters. The Kier molecular flexibility index (Phi) is 11.9. The lowest BCUT2D eigenvalue weighted by atomic mass is 10.2. The molecular formula is C19H30O2. The third-order valence-corrected chi connectivity index (χ3v) is 3.31. The van der Waals surface area contributed by atoms with E-state index in [1.165, 1.54) is 12.8 Å². The maximum absolute atomic E-state index is 5.63. The lowest BCUT2D eigenvalue weighted by molar-refractivity contribution is -0.161. The second kappa shape index (κ2) is 13.9. The van der Waals surface area contributed by atoms with E-state index in [1.807, 2.05) is 0 Å². The third kappa shape index (κ3) is 11.3. The lowest BCUT2D eigenvalue weighted by Gasteiger charge is -2.22. The molecule has 118 valence electrons. The van der Waals surface area contributed by atoms with Gasteiger partial charge in [0.2, 0.25) is 0 Å². The molecule has 21 heavy (non-hydrogen) atoms. The number of hydrogen-bond donors (Lipinski definition) is 0. The van der Waals surface area contributed by atoms with Crippen molar-refractivity contribution in [2.45, 2.75) is 71.0 Å². The molecule has 0 bridgehead atoms. The summed E-state index contributed by atoms with van der Waals surface area (Å²) in [6, 6.07) is 0. The summed E-state index contributed by atoms with van der Waals surface area (Å²) in [6.07, 6.45) is 18.6. The molecule has 0 aromatic rings. The first-order valence-corrected chi connectivity index (χ1v) is 8.42. The van der Waals surface area contributed by atoms with Crippen molar-refractivity contribution in [3.8, 4) is 11.8 Å². The van der Waals surface area contributed by atoms with Crippen LogP contribution in [0.4, 0.5) is 0 Å². The topological polar surface area (TPSA) is 18.5 Å². The highest BCUT2D eigenvalue weighted by molar-refractivity contribution is 4.99. The van der Waals surface area contributed by atoms with Crippen molar-refractivity contribution in [3.05, 3.63) is 24.3 Å². The van der Waals surface area contributed by atoms with Crippen LogP contribution in [0.25, 0.3) is 0 Å². The number of ether oxygens (including phenoxy) is 2. The normalized spacial score (nSPS) is 19.0.